The highest BCUT2D eigenvalue weighted by Crippen LogP contribution is 2.20. The molecule has 2 heteroatoms. The summed E-state index contributed by atoms with van der Waals surface area (Å²) in [5, 5.41) is 0. The van der Waals surface area contributed by atoms with E-state index in [9.17, 15) is 0 Å². The normalized spacial score (nSPS) is 13.4. The Labute approximate surface area is 99.6 Å². The van der Waals surface area contributed by atoms with Crippen LogP contribution in [0.3, 0.4) is 0 Å². The summed E-state index contributed by atoms with van der Waals surface area (Å²) < 4.78 is 11.6. The number of hydrogen-bond acceptors (Lipinski definition) is 2. The highest BCUT2D eigenvalue weighted by Gasteiger charge is 2.24. The summed E-state index contributed by atoms with van der Waals surface area (Å²) in [6.45, 7) is 17.2. The first kappa shape index (κ1) is 15.1. The number of hydrogen-bond donors (Lipinski definition) is 0. The summed E-state index contributed by atoms with van der Waals surface area (Å²) in [5.41, 5.74) is -0.831. The summed E-state index contributed by atoms with van der Waals surface area (Å²) in [4.78, 5) is 0. The van der Waals surface area contributed by atoms with Crippen LogP contribution in [0.2, 0.25) is 0 Å². The first-order valence-corrected chi connectivity index (χ1v) is 5.52. The Hall–Kier alpha value is -0.860. The van der Waals surface area contributed by atoms with E-state index in [4.69, 9.17) is 9.47 Å². The predicted octanol–water partition coefficient (Wildman–Crippen LogP) is 3.85. The maximum atomic E-state index is 5.79. The van der Waals surface area contributed by atoms with Crippen LogP contribution in [0.5, 0.6) is 0 Å². The highest BCUT2D eigenvalue weighted by molar-refractivity contribution is 4.96. The van der Waals surface area contributed by atoms with Crippen LogP contribution in [0.15, 0.2) is 37.5 Å². The first-order valence-electron chi connectivity index (χ1n) is 5.52. The minimum Gasteiger partial charge on any atom is -0.339 e. The van der Waals surface area contributed by atoms with Gasteiger partial charge in [0.25, 0.3) is 0 Å². The molecular formula is C14H24O2. The zero-order chi connectivity index (χ0) is 12.8. The van der Waals surface area contributed by atoms with Crippen molar-refractivity contribution in [3.05, 3.63) is 37.5 Å². The Morgan fingerprint density at radius 2 is 1.31 bits per heavy atom. The summed E-state index contributed by atoms with van der Waals surface area (Å²) in [6.07, 6.45) is 6.90. The van der Waals surface area contributed by atoms with E-state index in [2.05, 4.69) is 13.2 Å². The lowest BCUT2D eigenvalue weighted by molar-refractivity contribution is -0.194. The van der Waals surface area contributed by atoms with Gasteiger partial charge in [0.1, 0.15) is 0 Å². The highest BCUT2D eigenvalue weighted by atomic mass is 16.7. The van der Waals surface area contributed by atoms with E-state index in [1.165, 1.54) is 0 Å². The molecule has 0 N–H and O–H groups in total. The second kappa shape index (κ2) is 6.02. The molecule has 0 aromatic heterocycles. The fourth-order valence-corrected chi connectivity index (χ4v) is 0.955. The van der Waals surface area contributed by atoms with Crippen LogP contribution in [0.1, 0.15) is 34.6 Å². The van der Waals surface area contributed by atoms with Crippen LogP contribution < -0.4 is 0 Å². The van der Waals surface area contributed by atoms with E-state index in [0.29, 0.717) is 0 Å². The smallest absolute Gasteiger partial charge is 0.178 e. The Morgan fingerprint density at radius 1 is 0.938 bits per heavy atom. The van der Waals surface area contributed by atoms with Crippen molar-refractivity contribution >= 4 is 0 Å². The van der Waals surface area contributed by atoms with Crippen molar-refractivity contribution < 1.29 is 9.47 Å². The largest absolute Gasteiger partial charge is 0.339 e. The number of ether oxygens (including phenoxy) is 2. The lowest BCUT2D eigenvalue weighted by Gasteiger charge is -2.31. The van der Waals surface area contributed by atoms with Gasteiger partial charge in [0.15, 0.2) is 6.29 Å². The molecule has 0 spiro atoms. The van der Waals surface area contributed by atoms with Crippen molar-refractivity contribution in [1.82, 2.24) is 0 Å². The summed E-state index contributed by atoms with van der Waals surface area (Å²) >= 11 is 0. The van der Waals surface area contributed by atoms with Crippen LogP contribution in [-0.2, 0) is 9.47 Å². The fraction of sp³-hybridized carbons (Fsp3) is 0.571. The van der Waals surface area contributed by atoms with E-state index in [1.807, 2.05) is 46.8 Å². The third-order valence-corrected chi connectivity index (χ3v) is 2.17. The molecule has 16 heavy (non-hydrogen) atoms. The fourth-order valence-electron chi connectivity index (χ4n) is 0.955. The van der Waals surface area contributed by atoms with Gasteiger partial charge in [-0.2, -0.15) is 0 Å². The molecule has 92 valence electrons. The van der Waals surface area contributed by atoms with Gasteiger partial charge in [0, 0.05) is 0 Å². The third-order valence-electron chi connectivity index (χ3n) is 2.17. The molecule has 0 fully saturated rings. The van der Waals surface area contributed by atoms with Crippen LogP contribution in [0.4, 0.5) is 0 Å². The van der Waals surface area contributed by atoms with Crippen molar-refractivity contribution in [2.24, 2.45) is 0 Å². The zero-order valence-corrected chi connectivity index (χ0v) is 11.1. The first-order chi connectivity index (χ1) is 7.26. The zero-order valence-electron chi connectivity index (χ0n) is 11.1. The molecule has 0 aliphatic heterocycles. The van der Waals surface area contributed by atoms with Gasteiger partial charge in [0.2, 0.25) is 0 Å². The molecule has 0 aromatic carbocycles. The maximum Gasteiger partial charge on any atom is 0.178 e. The minimum absolute atomic E-state index is 0.397. The molecule has 0 aliphatic carbocycles. The molecule has 0 bridgehead atoms. The van der Waals surface area contributed by atoms with Crippen LogP contribution in [0, 0.1) is 0 Å². The van der Waals surface area contributed by atoms with E-state index in [-0.39, 0.29) is 0 Å². The molecule has 0 atom stereocenters. The molecule has 0 saturated heterocycles. The molecular weight excluding hydrogens is 200 g/mol. The molecule has 2 nitrogen and oxygen atoms in total. The van der Waals surface area contributed by atoms with Gasteiger partial charge in [-0.3, -0.25) is 0 Å². The predicted molar refractivity (Wildman–Crippen MR) is 69.3 cm³/mol. The second-order valence-electron chi connectivity index (χ2n) is 4.75. The average molecular weight is 224 g/mol. The van der Waals surface area contributed by atoms with Gasteiger partial charge in [0.05, 0.1) is 11.2 Å². The van der Waals surface area contributed by atoms with Crippen LogP contribution >= 0.6 is 0 Å². The molecule has 0 amide bonds. The van der Waals surface area contributed by atoms with Gasteiger partial charge in [-0.05, 0) is 40.7 Å². The average Bonchev–Trinajstić information content (AvgIpc) is 2.17. The Morgan fingerprint density at radius 3 is 1.56 bits per heavy atom. The lowest BCUT2D eigenvalue weighted by atomic mass is 10.1. The molecule has 0 rings (SSSR count). The van der Waals surface area contributed by atoms with Crippen molar-refractivity contribution in [2.75, 3.05) is 0 Å². The lowest BCUT2D eigenvalue weighted by Crippen LogP contribution is -2.35. The van der Waals surface area contributed by atoms with Crippen molar-refractivity contribution in [3.8, 4) is 0 Å². The molecule has 0 radical (unpaired) electrons. The third kappa shape index (κ3) is 5.89. The summed E-state index contributed by atoms with van der Waals surface area (Å²) in [6, 6.07) is 0. The number of allylic oxidation sites excluding steroid dienone is 1. The SMILES string of the molecule is C=CC(C)(C)OC(C=CC)OC(C)(C)C=C. The van der Waals surface area contributed by atoms with Gasteiger partial charge in [-0.15, -0.1) is 13.2 Å². The van der Waals surface area contributed by atoms with Crippen molar-refractivity contribution in [1.29, 1.82) is 0 Å². The van der Waals surface area contributed by atoms with E-state index >= 15 is 0 Å². The van der Waals surface area contributed by atoms with E-state index < -0.39 is 17.5 Å². The van der Waals surface area contributed by atoms with Gasteiger partial charge in [-0.25, -0.2) is 0 Å². The van der Waals surface area contributed by atoms with Gasteiger partial charge >= 0.3 is 0 Å². The quantitative estimate of drug-likeness (QED) is 0.483. The Balaban J connectivity index is 4.63. The van der Waals surface area contributed by atoms with Crippen LogP contribution in [0.25, 0.3) is 0 Å². The van der Waals surface area contributed by atoms with Crippen LogP contribution in [-0.4, -0.2) is 17.5 Å². The molecule has 0 saturated carbocycles. The topological polar surface area (TPSA) is 18.5 Å². The summed E-state index contributed by atoms with van der Waals surface area (Å²) in [5.74, 6) is 0. The molecule has 0 unspecified atom stereocenters. The number of rotatable bonds is 7. The van der Waals surface area contributed by atoms with E-state index in [0.717, 1.165) is 0 Å². The Kier molecular flexibility index (Phi) is 5.70. The van der Waals surface area contributed by atoms with Crippen molar-refractivity contribution in [3.63, 3.8) is 0 Å². The van der Waals surface area contributed by atoms with Crippen molar-refractivity contribution in [2.45, 2.75) is 52.1 Å². The Bertz CT molecular complexity index is 240. The standard InChI is InChI=1S/C14H24O2/c1-8-11-12(15-13(4,5)9-2)16-14(6,7)10-3/h8-12H,2-3H2,1,4-7H3. The van der Waals surface area contributed by atoms with Gasteiger partial charge in [-0.1, -0.05) is 18.2 Å². The van der Waals surface area contributed by atoms with E-state index in [1.54, 1.807) is 12.2 Å². The summed E-state index contributed by atoms with van der Waals surface area (Å²) in [7, 11) is 0. The minimum atomic E-state index is -0.415. The molecule has 0 heterocycles. The molecule has 0 aromatic rings. The monoisotopic (exact) mass is 224 g/mol. The molecule has 0 aliphatic rings. The second-order valence-corrected chi connectivity index (χ2v) is 4.75. The van der Waals surface area contributed by atoms with Gasteiger partial charge < -0.3 is 9.47 Å². The maximum absolute atomic E-state index is 5.79.